The molecule has 174 valence electrons. The summed E-state index contributed by atoms with van der Waals surface area (Å²) in [4.78, 5) is 23.4. The molecule has 0 spiro atoms. The lowest BCUT2D eigenvalue weighted by Gasteiger charge is -2.43. The third-order valence-corrected chi connectivity index (χ3v) is 5.53. The van der Waals surface area contributed by atoms with Crippen LogP contribution in [-0.4, -0.2) is 101 Å². The maximum absolute atomic E-state index is 12.2. The van der Waals surface area contributed by atoms with Gasteiger partial charge in [0.15, 0.2) is 6.29 Å². The van der Waals surface area contributed by atoms with E-state index in [1.54, 1.807) is 0 Å². The minimum atomic E-state index is -1.68. The van der Waals surface area contributed by atoms with Crippen molar-refractivity contribution in [2.24, 2.45) is 11.8 Å². The molecule has 2 heterocycles. The molecule has 3 aliphatic rings. The number of aliphatic hydroxyl groups excluding tert-OH is 5. The molecule has 0 aromatic carbocycles. The molecule has 0 saturated carbocycles. The van der Waals surface area contributed by atoms with Gasteiger partial charge in [0.1, 0.15) is 31.0 Å². The fourth-order valence-electron chi connectivity index (χ4n) is 3.96. The molecule has 0 aromatic rings. The molecule has 1 saturated heterocycles. The zero-order valence-corrected chi connectivity index (χ0v) is 16.9. The topological polar surface area (TPSA) is 181 Å². The zero-order chi connectivity index (χ0) is 22.9. The van der Waals surface area contributed by atoms with Gasteiger partial charge in [-0.15, -0.1) is 0 Å². The predicted octanol–water partition coefficient (Wildman–Crippen LogP) is -2.69. The van der Waals surface area contributed by atoms with Crippen LogP contribution < -0.4 is 0 Å². The molecule has 5 N–H and O–H groups in total. The minimum absolute atomic E-state index is 0.0303. The molecule has 0 bridgehead atoms. The SMILES string of the molecule is COC(=O)C1=COC(O[C@@H]2O[C@H](CO)[C@@H](O)[C@H](O)[C@H]2O)[C@@H]2C(COC(C)=O)=C[C@H](O)[C@H]12. The smallest absolute Gasteiger partial charge is 0.337 e. The van der Waals surface area contributed by atoms with Gasteiger partial charge < -0.3 is 49.2 Å². The van der Waals surface area contributed by atoms with Crippen LogP contribution in [0.2, 0.25) is 0 Å². The number of esters is 2. The number of carbonyl (C=O) groups excluding carboxylic acids is 2. The molecule has 1 fully saturated rings. The van der Waals surface area contributed by atoms with Gasteiger partial charge in [0.2, 0.25) is 6.29 Å². The molecule has 12 heteroatoms. The second-order valence-electron chi connectivity index (χ2n) is 7.47. The van der Waals surface area contributed by atoms with E-state index in [9.17, 15) is 35.1 Å². The molecule has 2 aliphatic heterocycles. The first-order valence-corrected chi connectivity index (χ1v) is 9.61. The quantitative estimate of drug-likeness (QED) is 0.211. The number of carbonyl (C=O) groups is 2. The maximum Gasteiger partial charge on any atom is 0.337 e. The number of fused-ring (bicyclic) bond motifs is 1. The van der Waals surface area contributed by atoms with Crippen LogP contribution in [0.4, 0.5) is 0 Å². The molecule has 31 heavy (non-hydrogen) atoms. The van der Waals surface area contributed by atoms with E-state index in [-0.39, 0.29) is 12.2 Å². The lowest BCUT2D eigenvalue weighted by atomic mass is 9.82. The van der Waals surface area contributed by atoms with Crippen LogP contribution in [0, 0.1) is 11.8 Å². The average Bonchev–Trinajstić information content (AvgIpc) is 3.09. The van der Waals surface area contributed by atoms with Crippen molar-refractivity contribution < 1.29 is 58.8 Å². The Hall–Kier alpha value is -2.06. The first-order valence-electron chi connectivity index (χ1n) is 9.61. The largest absolute Gasteiger partial charge is 0.471 e. The van der Waals surface area contributed by atoms with Crippen LogP contribution in [0.3, 0.4) is 0 Å². The molecule has 1 unspecified atom stereocenters. The summed E-state index contributed by atoms with van der Waals surface area (Å²) < 4.78 is 26.3. The zero-order valence-electron chi connectivity index (χ0n) is 16.9. The molecule has 0 amide bonds. The summed E-state index contributed by atoms with van der Waals surface area (Å²) >= 11 is 0. The number of aliphatic hydroxyl groups is 5. The predicted molar refractivity (Wildman–Crippen MR) is 97.5 cm³/mol. The first-order chi connectivity index (χ1) is 14.7. The number of methoxy groups -OCH3 is 1. The third-order valence-electron chi connectivity index (χ3n) is 5.53. The molecule has 0 radical (unpaired) electrons. The van der Waals surface area contributed by atoms with E-state index in [0.29, 0.717) is 5.57 Å². The van der Waals surface area contributed by atoms with Crippen molar-refractivity contribution in [3.8, 4) is 0 Å². The van der Waals surface area contributed by atoms with E-state index in [2.05, 4.69) is 0 Å². The number of rotatable bonds is 6. The number of ether oxygens (including phenoxy) is 5. The van der Waals surface area contributed by atoms with Crippen LogP contribution in [0.5, 0.6) is 0 Å². The highest BCUT2D eigenvalue weighted by Crippen LogP contribution is 2.44. The molecule has 3 rings (SSSR count). The van der Waals surface area contributed by atoms with E-state index in [1.807, 2.05) is 0 Å². The lowest BCUT2D eigenvalue weighted by Crippen LogP contribution is -2.60. The van der Waals surface area contributed by atoms with Crippen LogP contribution in [-0.2, 0) is 33.3 Å². The summed E-state index contributed by atoms with van der Waals surface area (Å²) in [5.74, 6) is -2.99. The van der Waals surface area contributed by atoms with Crippen molar-refractivity contribution in [2.75, 3.05) is 20.3 Å². The summed E-state index contributed by atoms with van der Waals surface area (Å²) in [6.45, 7) is 0.355. The van der Waals surface area contributed by atoms with Gasteiger partial charge in [-0.3, -0.25) is 4.79 Å². The Morgan fingerprint density at radius 1 is 1.06 bits per heavy atom. The van der Waals surface area contributed by atoms with Crippen LogP contribution in [0.25, 0.3) is 0 Å². The van der Waals surface area contributed by atoms with Crippen molar-refractivity contribution in [3.63, 3.8) is 0 Å². The van der Waals surface area contributed by atoms with Crippen molar-refractivity contribution in [1.29, 1.82) is 0 Å². The Kier molecular flexibility index (Phi) is 7.31. The summed E-state index contributed by atoms with van der Waals surface area (Å²) in [6, 6.07) is 0. The minimum Gasteiger partial charge on any atom is -0.471 e. The van der Waals surface area contributed by atoms with Crippen LogP contribution in [0.1, 0.15) is 6.92 Å². The van der Waals surface area contributed by atoms with E-state index in [0.717, 1.165) is 6.26 Å². The van der Waals surface area contributed by atoms with E-state index >= 15 is 0 Å². The van der Waals surface area contributed by atoms with Gasteiger partial charge in [0.25, 0.3) is 0 Å². The van der Waals surface area contributed by atoms with Gasteiger partial charge in [0, 0.05) is 12.8 Å². The molecular formula is C19H26O12. The van der Waals surface area contributed by atoms with Crippen molar-refractivity contribution >= 4 is 11.9 Å². The van der Waals surface area contributed by atoms with E-state index in [4.69, 9.17) is 23.7 Å². The van der Waals surface area contributed by atoms with Gasteiger partial charge in [-0.25, -0.2) is 4.79 Å². The first kappa shape index (κ1) is 23.6. The van der Waals surface area contributed by atoms with Crippen molar-refractivity contribution in [2.45, 2.75) is 50.0 Å². The van der Waals surface area contributed by atoms with Crippen LogP contribution >= 0.6 is 0 Å². The van der Waals surface area contributed by atoms with Crippen molar-refractivity contribution in [1.82, 2.24) is 0 Å². The Labute approximate surface area is 177 Å². The Bertz CT molecular complexity index is 746. The lowest BCUT2D eigenvalue weighted by molar-refractivity contribution is -0.340. The molecule has 1 aliphatic carbocycles. The van der Waals surface area contributed by atoms with Gasteiger partial charge in [-0.05, 0) is 5.57 Å². The van der Waals surface area contributed by atoms with E-state index < -0.39 is 73.5 Å². The Balaban J connectivity index is 1.86. The standard InChI is InChI=1S/C19H26O12/c1-7(21)28-5-8-3-10(22)13-9(17(26)27-2)6-29-18(12(8)13)31-19-16(25)15(24)14(23)11(4-20)30-19/h3,6,10-16,18-20,22-25H,4-5H2,1-2H3/t10-,11+,12+,13-,14+,15-,16+,18?,19-/m0/s1. The summed E-state index contributed by atoms with van der Waals surface area (Å²) in [6.07, 6.45) is -7.54. The molecule has 9 atom stereocenters. The number of hydrogen-bond acceptors (Lipinski definition) is 12. The Morgan fingerprint density at radius 3 is 2.39 bits per heavy atom. The van der Waals surface area contributed by atoms with Crippen LogP contribution in [0.15, 0.2) is 23.5 Å². The molecule has 0 aromatic heterocycles. The highest BCUT2D eigenvalue weighted by Gasteiger charge is 2.52. The fraction of sp³-hybridized carbons (Fsp3) is 0.684. The van der Waals surface area contributed by atoms with Gasteiger partial charge in [-0.1, -0.05) is 6.08 Å². The maximum atomic E-state index is 12.2. The summed E-state index contributed by atoms with van der Waals surface area (Å²) in [7, 11) is 1.17. The monoisotopic (exact) mass is 446 g/mol. The highest BCUT2D eigenvalue weighted by molar-refractivity contribution is 5.89. The second-order valence-corrected chi connectivity index (χ2v) is 7.47. The normalized spacial score (nSPS) is 39.6. The third kappa shape index (κ3) is 4.60. The summed E-state index contributed by atoms with van der Waals surface area (Å²) in [5.41, 5.74) is 0.430. The van der Waals surface area contributed by atoms with Gasteiger partial charge >= 0.3 is 11.9 Å². The van der Waals surface area contributed by atoms with E-state index in [1.165, 1.54) is 20.1 Å². The average molecular weight is 446 g/mol. The van der Waals surface area contributed by atoms with Gasteiger partial charge in [0.05, 0.1) is 37.6 Å². The second kappa shape index (κ2) is 9.61. The van der Waals surface area contributed by atoms with Crippen molar-refractivity contribution in [3.05, 3.63) is 23.5 Å². The Morgan fingerprint density at radius 2 is 1.77 bits per heavy atom. The molecule has 12 nitrogen and oxygen atoms in total. The number of hydrogen-bond donors (Lipinski definition) is 5. The summed E-state index contributed by atoms with van der Waals surface area (Å²) in [5, 5.41) is 50.0. The molecular weight excluding hydrogens is 420 g/mol. The fourth-order valence-corrected chi connectivity index (χ4v) is 3.96. The van der Waals surface area contributed by atoms with Gasteiger partial charge in [-0.2, -0.15) is 0 Å². The highest BCUT2D eigenvalue weighted by atomic mass is 16.8.